The second-order valence-electron chi connectivity index (χ2n) is 7.30. The van der Waals surface area contributed by atoms with Gasteiger partial charge in [-0.05, 0) is 29.7 Å². The van der Waals surface area contributed by atoms with Crippen LogP contribution in [0.5, 0.6) is 11.5 Å². The number of methoxy groups -OCH3 is 1. The summed E-state index contributed by atoms with van der Waals surface area (Å²) in [7, 11) is 1.63. The van der Waals surface area contributed by atoms with E-state index in [0.29, 0.717) is 18.1 Å². The first-order valence-corrected chi connectivity index (χ1v) is 8.79. The van der Waals surface area contributed by atoms with E-state index in [-0.39, 0.29) is 11.5 Å². The number of benzene rings is 2. The van der Waals surface area contributed by atoms with Gasteiger partial charge in [-0.3, -0.25) is 0 Å². The third kappa shape index (κ3) is 3.34. The van der Waals surface area contributed by atoms with Gasteiger partial charge in [-0.15, -0.1) is 0 Å². The van der Waals surface area contributed by atoms with Crippen LogP contribution < -0.4 is 14.8 Å². The molecule has 26 heavy (non-hydrogen) atoms. The monoisotopic (exact) mass is 355 g/mol. The minimum absolute atomic E-state index is 0.360. The lowest BCUT2D eigenvalue weighted by atomic mass is 9.78. The summed E-state index contributed by atoms with van der Waals surface area (Å²) in [5.41, 5.74) is 3.69. The highest BCUT2D eigenvalue weighted by Crippen LogP contribution is 2.47. The number of aryl methyl sites for hydroxylation is 1. The molecule has 2 aromatic carbocycles. The maximum atomic E-state index is 11.3. The van der Waals surface area contributed by atoms with E-state index >= 15 is 0 Å². The van der Waals surface area contributed by atoms with Crippen molar-refractivity contribution < 1.29 is 19.4 Å². The Labute approximate surface area is 153 Å². The van der Waals surface area contributed by atoms with E-state index in [2.05, 4.69) is 36.5 Å². The molecule has 1 atom stereocenters. The molecule has 0 aliphatic carbocycles. The molecule has 2 N–H and O–H groups in total. The van der Waals surface area contributed by atoms with Crippen molar-refractivity contribution in [1.29, 1.82) is 0 Å². The van der Waals surface area contributed by atoms with Crippen molar-refractivity contribution in [2.75, 3.05) is 13.7 Å². The SMILES string of the molecule is CCc1ccc(-c2cc3c(cc2OC)C(NC(=O)O)C(C)(C)CO3)cc1. The van der Waals surface area contributed by atoms with E-state index in [9.17, 15) is 9.90 Å². The number of amides is 1. The van der Waals surface area contributed by atoms with Crippen molar-refractivity contribution in [1.82, 2.24) is 5.32 Å². The van der Waals surface area contributed by atoms with Gasteiger partial charge in [0.05, 0.1) is 19.8 Å². The van der Waals surface area contributed by atoms with Crippen molar-refractivity contribution >= 4 is 6.09 Å². The Hall–Kier alpha value is -2.69. The Bertz CT molecular complexity index is 812. The van der Waals surface area contributed by atoms with Gasteiger partial charge in [-0.25, -0.2) is 4.79 Å². The maximum absolute atomic E-state index is 11.3. The zero-order chi connectivity index (χ0) is 18.9. The molecule has 3 rings (SSSR count). The molecule has 2 aromatic rings. The smallest absolute Gasteiger partial charge is 0.405 e. The van der Waals surface area contributed by atoms with Crippen LogP contribution in [0, 0.1) is 5.41 Å². The topological polar surface area (TPSA) is 67.8 Å². The van der Waals surface area contributed by atoms with Gasteiger partial charge >= 0.3 is 6.09 Å². The van der Waals surface area contributed by atoms with Crippen LogP contribution in [0.15, 0.2) is 36.4 Å². The molecule has 1 aliphatic rings. The molecule has 0 bridgehead atoms. The van der Waals surface area contributed by atoms with Gasteiger partial charge in [-0.2, -0.15) is 0 Å². The van der Waals surface area contributed by atoms with Gasteiger partial charge in [0.25, 0.3) is 0 Å². The van der Waals surface area contributed by atoms with Crippen LogP contribution in [-0.2, 0) is 6.42 Å². The van der Waals surface area contributed by atoms with E-state index in [0.717, 1.165) is 23.1 Å². The normalized spacial score (nSPS) is 17.8. The Balaban J connectivity index is 2.09. The number of rotatable bonds is 4. The quantitative estimate of drug-likeness (QED) is 0.837. The van der Waals surface area contributed by atoms with Crippen LogP contribution in [0.1, 0.15) is 37.9 Å². The predicted octanol–water partition coefficient (Wildman–Crippen LogP) is 4.65. The lowest BCUT2D eigenvalue weighted by molar-refractivity contribution is 0.0993. The average molecular weight is 355 g/mol. The van der Waals surface area contributed by atoms with E-state index in [1.165, 1.54) is 5.56 Å². The standard InChI is InChI=1S/C21H25NO4/c1-5-13-6-8-14(9-7-13)15-10-18-16(11-17(15)25-4)19(22-20(23)24)21(2,3)12-26-18/h6-11,19,22H,5,12H2,1-4H3,(H,23,24). The molecular weight excluding hydrogens is 330 g/mol. The zero-order valence-corrected chi connectivity index (χ0v) is 15.6. The van der Waals surface area contributed by atoms with E-state index in [4.69, 9.17) is 9.47 Å². The number of ether oxygens (including phenoxy) is 2. The van der Waals surface area contributed by atoms with Crippen LogP contribution >= 0.6 is 0 Å². The second kappa shape index (κ2) is 6.90. The summed E-state index contributed by atoms with van der Waals surface area (Å²) in [6.07, 6.45) is -0.0587. The van der Waals surface area contributed by atoms with Gasteiger partial charge in [0.2, 0.25) is 0 Å². The van der Waals surface area contributed by atoms with E-state index in [1.807, 2.05) is 26.0 Å². The van der Waals surface area contributed by atoms with Crippen LogP contribution in [0.2, 0.25) is 0 Å². The molecule has 0 saturated heterocycles. The molecule has 1 unspecified atom stereocenters. The average Bonchev–Trinajstić information content (AvgIpc) is 2.63. The van der Waals surface area contributed by atoms with Gasteiger partial charge < -0.3 is 19.9 Å². The molecule has 0 fully saturated rings. The maximum Gasteiger partial charge on any atom is 0.405 e. The Morgan fingerprint density at radius 1 is 1.31 bits per heavy atom. The summed E-state index contributed by atoms with van der Waals surface area (Å²) >= 11 is 0. The highest BCUT2D eigenvalue weighted by atomic mass is 16.5. The van der Waals surface area contributed by atoms with Gasteiger partial charge in [0, 0.05) is 16.5 Å². The van der Waals surface area contributed by atoms with Crippen molar-refractivity contribution in [3.05, 3.63) is 47.5 Å². The predicted molar refractivity (Wildman–Crippen MR) is 101 cm³/mol. The molecule has 0 aromatic heterocycles. The summed E-state index contributed by atoms with van der Waals surface area (Å²) in [5, 5.41) is 11.9. The fraction of sp³-hybridized carbons (Fsp3) is 0.381. The lowest BCUT2D eigenvalue weighted by Gasteiger charge is -2.39. The highest BCUT2D eigenvalue weighted by Gasteiger charge is 2.39. The van der Waals surface area contributed by atoms with Crippen LogP contribution in [-0.4, -0.2) is 24.9 Å². The van der Waals surface area contributed by atoms with Crippen LogP contribution in [0.3, 0.4) is 0 Å². The number of hydrogen-bond donors (Lipinski definition) is 2. The van der Waals surface area contributed by atoms with Gasteiger partial charge in [0.1, 0.15) is 11.5 Å². The summed E-state index contributed by atoms with van der Waals surface area (Å²) < 4.78 is 11.6. The Morgan fingerprint density at radius 3 is 2.58 bits per heavy atom. The Morgan fingerprint density at radius 2 is 2.00 bits per heavy atom. The minimum atomic E-state index is -1.05. The number of hydrogen-bond acceptors (Lipinski definition) is 3. The summed E-state index contributed by atoms with van der Waals surface area (Å²) in [6, 6.07) is 11.8. The molecule has 5 heteroatoms. The molecule has 1 heterocycles. The van der Waals surface area contributed by atoms with Crippen molar-refractivity contribution in [3.8, 4) is 22.6 Å². The van der Waals surface area contributed by atoms with Crippen LogP contribution in [0.25, 0.3) is 11.1 Å². The van der Waals surface area contributed by atoms with Crippen molar-refractivity contribution in [2.45, 2.75) is 33.2 Å². The second-order valence-corrected chi connectivity index (χ2v) is 7.30. The molecule has 1 aliphatic heterocycles. The fourth-order valence-corrected chi connectivity index (χ4v) is 3.41. The molecule has 0 spiro atoms. The molecule has 138 valence electrons. The van der Waals surface area contributed by atoms with Crippen molar-refractivity contribution in [2.24, 2.45) is 5.41 Å². The molecule has 0 radical (unpaired) electrons. The largest absolute Gasteiger partial charge is 0.496 e. The number of carbonyl (C=O) groups is 1. The molecule has 0 saturated carbocycles. The first-order valence-electron chi connectivity index (χ1n) is 8.79. The highest BCUT2D eigenvalue weighted by molar-refractivity contribution is 5.74. The molecular formula is C21H25NO4. The molecule has 1 amide bonds. The minimum Gasteiger partial charge on any atom is -0.496 e. The van der Waals surface area contributed by atoms with Crippen molar-refractivity contribution in [3.63, 3.8) is 0 Å². The number of fused-ring (bicyclic) bond motifs is 1. The van der Waals surface area contributed by atoms with Gasteiger partial charge in [0.15, 0.2) is 0 Å². The third-order valence-corrected chi connectivity index (χ3v) is 4.97. The summed E-state index contributed by atoms with van der Waals surface area (Å²) in [6.45, 7) is 6.53. The zero-order valence-electron chi connectivity index (χ0n) is 15.6. The summed E-state index contributed by atoms with van der Waals surface area (Å²) in [5.74, 6) is 1.39. The lowest BCUT2D eigenvalue weighted by Crippen LogP contribution is -2.43. The summed E-state index contributed by atoms with van der Waals surface area (Å²) in [4.78, 5) is 11.3. The number of nitrogens with one attached hydrogen (secondary N) is 1. The number of carboxylic acid groups (broad SMARTS) is 1. The van der Waals surface area contributed by atoms with E-state index < -0.39 is 6.09 Å². The Kier molecular flexibility index (Phi) is 4.81. The third-order valence-electron chi connectivity index (χ3n) is 4.97. The first-order chi connectivity index (χ1) is 12.4. The fourth-order valence-electron chi connectivity index (χ4n) is 3.41. The molecule has 5 nitrogen and oxygen atoms in total. The van der Waals surface area contributed by atoms with E-state index in [1.54, 1.807) is 7.11 Å². The first kappa shape index (κ1) is 18.1. The van der Waals surface area contributed by atoms with Crippen LogP contribution in [0.4, 0.5) is 4.79 Å². The van der Waals surface area contributed by atoms with Gasteiger partial charge in [-0.1, -0.05) is 45.0 Å².